The van der Waals surface area contributed by atoms with Crippen molar-refractivity contribution in [1.82, 2.24) is 10.2 Å². The fraction of sp³-hybridized carbons (Fsp3) is 0.481. The molecule has 0 fully saturated rings. The SMILES string of the molecule is CCCCNC(=O)[C@@H](CC)N(Cc1c(Cl)cccc1Cl)C(=O)CCCN(c1cccc(OC)c1)S(C)(=O)=O. The van der Waals surface area contributed by atoms with Crippen molar-refractivity contribution in [2.24, 2.45) is 0 Å². The average molecular weight is 587 g/mol. The van der Waals surface area contributed by atoms with Crippen LogP contribution in [0, 0.1) is 0 Å². The van der Waals surface area contributed by atoms with Crippen LogP contribution >= 0.6 is 23.2 Å². The minimum absolute atomic E-state index is 0.0246. The number of benzene rings is 2. The van der Waals surface area contributed by atoms with E-state index in [9.17, 15) is 18.0 Å². The largest absolute Gasteiger partial charge is 0.497 e. The van der Waals surface area contributed by atoms with Gasteiger partial charge in [0.05, 0.1) is 19.1 Å². The lowest BCUT2D eigenvalue weighted by atomic mass is 10.1. The first-order chi connectivity index (χ1) is 18.0. The van der Waals surface area contributed by atoms with Crippen molar-refractivity contribution in [3.63, 3.8) is 0 Å². The number of nitrogens with zero attached hydrogens (tertiary/aromatic N) is 2. The van der Waals surface area contributed by atoms with Crippen LogP contribution in [0.1, 0.15) is 51.5 Å². The number of halogens is 2. The van der Waals surface area contributed by atoms with Gasteiger partial charge in [0.2, 0.25) is 21.8 Å². The maximum atomic E-state index is 13.5. The summed E-state index contributed by atoms with van der Waals surface area (Å²) in [5.41, 5.74) is 0.999. The lowest BCUT2D eigenvalue weighted by Gasteiger charge is -2.31. The van der Waals surface area contributed by atoms with Gasteiger partial charge < -0.3 is 15.0 Å². The molecule has 0 radical (unpaired) electrons. The monoisotopic (exact) mass is 585 g/mol. The summed E-state index contributed by atoms with van der Waals surface area (Å²) in [7, 11) is -2.11. The minimum atomic E-state index is -3.61. The summed E-state index contributed by atoms with van der Waals surface area (Å²) in [6.45, 7) is 4.53. The van der Waals surface area contributed by atoms with Crippen molar-refractivity contribution in [1.29, 1.82) is 0 Å². The number of sulfonamides is 1. The van der Waals surface area contributed by atoms with E-state index in [1.165, 1.54) is 16.3 Å². The van der Waals surface area contributed by atoms with Crippen LogP contribution in [0.5, 0.6) is 5.75 Å². The molecule has 1 atom stereocenters. The Morgan fingerprint density at radius 3 is 2.29 bits per heavy atom. The van der Waals surface area contributed by atoms with Crippen molar-refractivity contribution < 1.29 is 22.7 Å². The molecule has 1 N–H and O–H groups in total. The van der Waals surface area contributed by atoms with E-state index < -0.39 is 16.1 Å². The van der Waals surface area contributed by atoms with Gasteiger partial charge in [-0.15, -0.1) is 0 Å². The molecule has 2 rings (SSSR count). The van der Waals surface area contributed by atoms with Gasteiger partial charge in [-0.3, -0.25) is 13.9 Å². The van der Waals surface area contributed by atoms with Crippen LogP contribution < -0.4 is 14.4 Å². The maximum absolute atomic E-state index is 13.5. The summed E-state index contributed by atoms with van der Waals surface area (Å²) in [4.78, 5) is 28.1. The number of unbranched alkanes of at least 4 members (excludes halogenated alkanes) is 1. The van der Waals surface area contributed by atoms with Gasteiger partial charge in [0.15, 0.2) is 0 Å². The van der Waals surface area contributed by atoms with E-state index in [1.807, 2.05) is 13.8 Å². The second-order valence-corrected chi connectivity index (χ2v) is 11.7. The summed E-state index contributed by atoms with van der Waals surface area (Å²) < 4.78 is 31.5. The Labute approximate surface area is 236 Å². The predicted molar refractivity (Wildman–Crippen MR) is 153 cm³/mol. The fourth-order valence-electron chi connectivity index (χ4n) is 4.05. The Morgan fingerprint density at radius 2 is 1.71 bits per heavy atom. The molecule has 2 aromatic rings. The molecule has 0 aliphatic carbocycles. The van der Waals surface area contributed by atoms with Crippen LogP contribution in [0.25, 0.3) is 0 Å². The maximum Gasteiger partial charge on any atom is 0.242 e. The number of rotatable bonds is 15. The zero-order chi connectivity index (χ0) is 28.3. The normalized spacial score (nSPS) is 12.1. The fourth-order valence-corrected chi connectivity index (χ4v) is 5.52. The lowest BCUT2D eigenvalue weighted by Crippen LogP contribution is -2.49. The molecule has 0 saturated heterocycles. The van der Waals surface area contributed by atoms with Gasteiger partial charge in [0.25, 0.3) is 0 Å². The summed E-state index contributed by atoms with van der Waals surface area (Å²) in [6, 6.07) is 11.1. The van der Waals surface area contributed by atoms with Gasteiger partial charge in [-0.1, -0.05) is 55.6 Å². The number of amides is 2. The van der Waals surface area contributed by atoms with Crippen molar-refractivity contribution >= 4 is 50.7 Å². The molecule has 0 bridgehead atoms. The molecule has 2 amide bonds. The number of hydrogen-bond donors (Lipinski definition) is 1. The molecule has 210 valence electrons. The van der Waals surface area contributed by atoms with Crippen molar-refractivity contribution in [2.45, 2.75) is 58.5 Å². The summed E-state index contributed by atoms with van der Waals surface area (Å²) in [6.07, 6.45) is 3.54. The van der Waals surface area contributed by atoms with Gasteiger partial charge in [-0.2, -0.15) is 0 Å². The second kappa shape index (κ2) is 15.2. The molecule has 0 heterocycles. The summed E-state index contributed by atoms with van der Waals surface area (Å²) >= 11 is 12.8. The van der Waals surface area contributed by atoms with Crippen LogP contribution in [-0.4, -0.2) is 57.6 Å². The Kier molecular flexibility index (Phi) is 12.7. The standard InChI is InChI=1S/C27H37Cl2N3O5S/c1-5-7-16-30-27(34)25(6-2)31(19-22-23(28)13-9-14-24(22)29)26(33)15-10-17-32(38(4,35)36)20-11-8-12-21(18-20)37-3/h8-9,11-14,18,25H,5-7,10,15-17,19H2,1-4H3,(H,30,34)/t25-/m1/s1. The third-order valence-corrected chi connectivity index (χ3v) is 8.00. The molecule has 0 aliphatic rings. The molecule has 38 heavy (non-hydrogen) atoms. The molecule has 8 nitrogen and oxygen atoms in total. The Bertz CT molecular complexity index is 1170. The molecule has 0 unspecified atom stereocenters. The summed E-state index contributed by atoms with van der Waals surface area (Å²) in [5, 5.41) is 3.71. The zero-order valence-corrected chi connectivity index (χ0v) is 24.7. The number of carbonyl (C=O) groups is 2. The van der Waals surface area contributed by atoms with Gasteiger partial charge in [-0.05, 0) is 43.5 Å². The Hall–Kier alpha value is -2.49. The Morgan fingerprint density at radius 1 is 1.05 bits per heavy atom. The molecule has 0 aromatic heterocycles. The highest BCUT2D eigenvalue weighted by Gasteiger charge is 2.29. The van der Waals surface area contributed by atoms with E-state index in [0.717, 1.165) is 19.1 Å². The molecule has 2 aromatic carbocycles. The van der Waals surface area contributed by atoms with Crippen LogP contribution in [0.2, 0.25) is 10.0 Å². The zero-order valence-electron chi connectivity index (χ0n) is 22.4. The third-order valence-electron chi connectivity index (χ3n) is 6.10. The smallest absolute Gasteiger partial charge is 0.242 e. The van der Waals surface area contributed by atoms with Crippen LogP contribution in [0.15, 0.2) is 42.5 Å². The molecule has 11 heteroatoms. The molecule has 0 aliphatic heterocycles. The topological polar surface area (TPSA) is 96.0 Å². The summed E-state index contributed by atoms with van der Waals surface area (Å²) in [5.74, 6) is -0.0147. The lowest BCUT2D eigenvalue weighted by molar-refractivity contribution is -0.141. The van der Waals surface area contributed by atoms with E-state index >= 15 is 0 Å². The van der Waals surface area contributed by atoms with E-state index in [1.54, 1.807) is 42.5 Å². The molecule has 0 spiro atoms. The van der Waals surface area contributed by atoms with Crippen LogP contribution in [0.4, 0.5) is 5.69 Å². The van der Waals surface area contributed by atoms with Crippen molar-refractivity contribution in [2.75, 3.05) is 30.8 Å². The number of hydrogen-bond acceptors (Lipinski definition) is 5. The van der Waals surface area contributed by atoms with Crippen LogP contribution in [0.3, 0.4) is 0 Å². The number of ether oxygens (including phenoxy) is 1. The van der Waals surface area contributed by atoms with Crippen LogP contribution in [-0.2, 0) is 26.2 Å². The Balaban J connectivity index is 2.26. The first-order valence-corrected chi connectivity index (χ1v) is 15.3. The van der Waals surface area contributed by atoms with Gasteiger partial charge >= 0.3 is 0 Å². The highest BCUT2D eigenvalue weighted by atomic mass is 35.5. The minimum Gasteiger partial charge on any atom is -0.497 e. The van der Waals surface area contributed by atoms with Gasteiger partial charge in [0.1, 0.15) is 11.8 Å². The van der Waals surface area contributed by atoms with E-state index in [2.05, 4.69) is 5.32 Å². The third kappa shape index (κ3) is 9.06. The molecular weight excluding hydrogens is 549 g/mol. The van der Waals surface area contributed by atoms with Gasteiger partial charge in [-0.25, -0.2) is 8.42 Å². The average Bonchev–Trinajstić information content (AvgIpc) is 2.87. The molecular formula is C27H37Cl2N3O5S. The van der Waals surface area contributed by atoms with Gasteiger partial charge in [0, 0.05) is 47.7 Å². The first kappa shape index (κ1) is 31.7. The predicted octanol–water partition coefficient (Wildman–Crippen LogP) is 5.27. The highest BCUT2D eigenvalue weighted by molar-refractivity contribution is 7.92. The van der Waals surface area contributed by atoms with E-state index in [4.69, 9.17) is 27.9 Å². The number of methoxy groups -OCH3 is 1. The molecule has 0 saturated carbocycles. The van der Waals surface area contributed by atoms with E-state index in [0.29, 0.717) is 40.0 Å². The van der Waals surface area contributed by atoms with Crippen molar-refractivity contribution in [3.8, 4) is 5.75 Å². The van der Waals surface area contributed by atoms with E-state index in [-0.39, 0.29) is 37.7 Å². The first-order valence-electron chi connectivity index (χ1n) is 12.6. The number of carbonyl (C=O) groups excluding carboxylic acids is 2. The quantitative estimate of drug-likeness (QED) is 0.287. The number of anilines is 1. The highest BCUT2D eigenvalue weighted by Crippen LogP contribution is 2.28. The second-order valence-electron chi connectivity index (χ2n) is 8.93. The van der Waals surface area contributed by atoms with Crippen molar-refractivity contribution in [3.05, 3.63) is 58.1 Å². The number of nitrogens with one attached hydrogen (secondary N) is 1.